The van der Waals surface area contributed by atoms with E-state index in [1.54, 1.807) is 6.20 Å². The Balaban J connectivity index is 0.000000436. The van der Waals surface area contributed by atoms with E-state index < -0.39 is 15.6 Å². The van der Waals surface area contributed by atoms with Gasteiger partial charge in [-0.25, -0.2) is 13.2 Å². The summed E-state index contributed by atoms with van der Waals surface area (Å²) in [7, 11) is -6.09. The Morgan fingerprint density at radius 3 is 2.00 bits per heavy atom. The van der Waals surface area contributed by atoms with Crippen LogP contribution in [0.15, 0.2) is 97.3 Å². The molecule has 0 amide bonds. The Bertz CT molecular complexity index is 1470. The first-order chi connectivity index (χ1) is 18.0. The van der Waals surface area contributed by atoms with Crippen LogP contribution in [-0.4, -0.2) is 36.0 Å². The van der Waals surface area contributed by atoms with Gasteiger partial charge in [0.1, 0.15) is 0 Å². The molecular weight excluding hydrogens is 521 g/mol. The van der Waals surface area contributed by atoms with Crippen LogP contribution in [0.1, 0.15) is 23.0 Å². The molecule has 0 saturated heterocycles. The standard InChI is InChI=1S/C26H23N2O2.CHF3O3S/c1-2-30-26(29)25-17-23(21-11-5-3-6-12-21)16-24(22-13-7-4-8-14-22)28(25)19-20-10-9-15-27-18-20;2-1(3,4)8(5,6)7/h3-18H,2,19H2,1H3;(H,5,6,7)/q+1;/p-1. The number of hydrogen-bond acceptors (Lipinski definition) is 6. The van der Waals surface area contributed by atoms with Gasteiger partial charge in [0.05, 0.1) is 6.61 Å². The van der Waals surface area contributed by atoms with Crippen LogP contribution in [0.5, 0.6) is 0 Å². The molecule has 0 atom stereocenters. The maximum atomic E-state index is 13.0. The third kappa shape index (κ3) is 7.46. The van der Waals surface area contributed by atoms with Crippen molar-refractivity contribution in [3.63, 3.8) is 0 Å². The average Bonchev–Trinajstić information content (AvgIpc) is 2.90. The third-order valence-electron chi connectivity index (χ3n) is 5.17. The number of ether oxygens (including phenoxy) is 1. The molecule has 4 rings (SSSR count). The van der Waals surface area contributed by atoms with E-state index >= 15 is 0 Å². The molecule has 0 spiro atoms. The van der Waals surface area contributed by atoms with Crippen LogP contribution in [0.4, 0.5) is 13.2 Å². The number of aromatic nitrogens is 2. The first kappa shape index (κ1) is 28.5. The number of carbonyl (C=O) groups excluding carboxylic acids is 1. The van der Waals surface area contributed by atoms with Gasteiger partial charge in [0, 0.05) is 35.7 Å². The summed E-state index contributed by atoms with van der Waals surface area (Å²) in [6, 6.07) is 28.1. The summed E-state index contributed by atoms with van der Waals surface area (Å²) >= 11 is 0. The van der Waals surface area contributed by atoms with Crippen LogP contribution in [-0.2, 0) is 21.4 Å². The van der Waals surface area contributed by atoms with Gasteiger partial charge < -0.3 is 9.29 Å². The molecule has 7 nitrogen and oxygen atoms in total. The molecule has 2 aromatic carbocycles. The summed E-state index contributed by atoms with van der Waals surface area (Å²) < 4.78 is 66.3. The van der Waals surface area contributed by atoms with Gasteiger partial charge in [-0.3, -0.25) is 4.98 Å². The SMILES string of the molecule is CCOC(=O)c1cc(-c2ccccc2)cc(-c2ccccc2)[n+]1Cc1cccnc1.O=S(=O)([O-])C(F)(F)F. The summed E-state index contributed by atoms with van der Waals surface area (Å²) in [4.78, 5) is 17.2. The highest BCUT2D eigenvalue weighted by molar-refractivity contribution is 7.86. The summed E-state index contributed by atoms with van der Waals surface area (Å²) in [5, 5.41) is 0. The number of rotatable bonds is 6. The van der Waals surface area contributed by atoms with Gasteiger partial charge in [0.15, 0.2) is 16.7 Å². The zero-order chi connectivity index (χ0) is 27.8. The fourth-order valence-electron chi connectivity index (χ4n) is 3.49. The Kier molecular flexibility index (Phi) is 9.32. The monoisotopic (exact) mass is 544 g/mol. The molecule has 4 aromatic rings. The first-order valence-electron chi connectivity index (χ1n) is 11.3. The number of esters is 1. The first-order valence-corrected chi connectivity index (χ1v) is 12.7. The van der Waals surface area contributed by atoms with E-state index in [1.165, 1.54) is 0 Å². The molecule has 0 bridgehead atoms. The maximum absolute atomic E-state index is 13.0. The Labute approximate surface area is 217 Å². The highest BCUT2D eigenvalue weighted by Gasteiger charge is 2.37. The predicted octanol–water partition coefficient (Wildman–Crippen LogP) is 4.98. The molecule has 0 radical (unpaired) electrons. The molecule has 38 heavy (non-hydrogen) atoms. The third-order valence-corrected chi connectivity index (χ3v) is 5.74. The zero-order valence-corrected chi connectivity index (χ0v) is 20.9. The minimum atomic E-state index is -6.09. The second-order valence-electron chi connectivity index (χ2n) is 7.81. The number of benzene rings is 2. The molecule has 0 fully saturated rings. The van der Waals surface area contributed by atoms with E-state index in [9.17, 15) is 18.0 Å². The van der Waals surface area contributed by atoms with Crippen LogP contribution in [0, 0.1) is 0 Å². The predicted molar refractivity (Wildman–Crippen MR) is 133 cm³/mol. The molecule has 198 valence electrons. The van der Waals surface area contributed by atoms with Crippen molar-refractivity contribution in [3.05, 3.63) is 109 Å². The number of alkyl halides is 3. The lowest BCUT2D eigenvalue weighted by Gasteiger charge is -2.12. The molecule has 0 aliphatic heterocycles. The molecule has 2 aromatic heterocycles. The van der Waals surface area contributed by atoms with Crippen LogP contribution in [0.25, 0.3) is 22.4 Å². The normalized spacial score (nSPS) is 11.3. The number of hydrogen-bond donors (Lipinski definition) is 0. The van der Waals surface area contributed by atoms with Crippen LogP contribution >= 0.6 is 0 Å². The van der Waals surface area contributed by atoms with E-state index in [-0.39, 0.29) is 5.97 Å². The van der Waals surface area contributed by atoms with Crippen molar-refractivity contribution in [2.24, 2.45) is 0 Å². The Morgan fingerprint density at radius 1 is 0.921 bits per heavy atom. The smallest absolute Gasteiger partial charge is 0.485 e. The minimum absolute atomic E-state index is 0.321. The van der Waals surface area contributed by atoms with E-state index in [1.807, 2.05) is 84.4 Å². The average molecular weight is 545 g/mol. The topological polar surface area (TPSA) is 100 Å². The Hall–Kier alpha value is -4.09. The highest BCUT2D eigenvalue weighted by Crippen LogP contribution is 2.26. The summed E-state index contributed by atoms with van der Waals surface area (Å²) in [6.45, 7) is 2.66. The lowest BCUT2D eigenvalue weighted by molar-refractivity contribution is -0.680. The quantitative estimate of drug-likeness (QED) is 0.147. The zero-order valence-electron chi connectivity index (χ0n) is 20.1. The van der Waals surface area contributed by atoms with Crippen molar-refractivity contribution < 1.29 is 40.2 Å². The van der Waals surface area contributed by atoms with Crippen molar-refractivity contribution in [1.82, 2.24) is 4.98 Å². The van der Waals surface area contributed by atoms with E-state index in [0.717, 1.165) is 27.9 Å². The van der Waals surface area contributed by atoms with E-state index in [4.69, 9.17) is 17.7 Å². The fourth-order valence-corrected chi connectivity index (χ4v) is 3.49. The van der Waals surface area contributed by atoms with Gasteiger partial charge in [-0.2, -0.15) is 17.7 Å². The second-order valence-corrected chi connectivity index (χ2v) is 9.19. The van der Waals surface area contributed by atoms with Crippen LogP contribution < -0.4 is 4.57 Å². The molecular formula is C27H23F3N2O5S. The fraction of sp³-hybridized carbons (Fsp3) is 0.148. The van der Waals surface area contributed by atoms with Crippen molar-refractivity contribution in [2.75, 3.05) is 6.61 Å². The van der Waals surface area contributed by atoms with Gasteiger partial charge in [0.2, 0.25) is 5.69 Å². The molecule has 11 heteroatoms. The summed E-state index contributed by atoms with van der Waals surface area (Å²) in [6.07, 6.45) is 3.57. The molecule has 0 unspecified atom stereocenters. The van der Waals surface area contributed by atoms with Crippen molar-refractivity contribution >= 4 is 16.1 Å². The van der Waals surface area contributed by atoms with Crippen LogP contribution in [0.2, 0.25) is 0 Å². The van der Waals surface area contributed by atoms with Crippen molar-refractivity contribution in [2.45, 2.75) is 19.0 Å². The van der Waals surface area contributed by atoms with Gasteiger partial charge in [0.25, 0.3) is 5.69 Å². The van der Waals surface area contributed by atoms with E-state index in [0.29, 0.717) is 18.8 Å². The van der Waals surface area contributed by atoms with Crippen molar-refractivity contribution in [1.29, 1.82) is 0 Å². The van der Waals surface area contributed by atoms with Gasteiger partial charge in [-0.1, -0.05) is 48.5 Å². The number of halogens is 3. The molecule has 0 aliphatic carbocycles. The lowest BCUT2D eigenvalue weighted by Crippen LogP contribution is -2.44. The largest absolute Gasteiger partial charge is 0.741 e. The number of nitrogens with zero attached hydrogens (tertiary/aromatic N) is 2. The van der Waals surface area contributed by atoms with E-state index in [2.05, 4.69) is 23.2 Å². The molecule has 0 saturated carbocycles. The van der Waals surface area contributed by atoms with Crippen LogP contribution in [0.3, 0.4) is 0 Å². The second kappa shape index (κ2) is 12.4. The minimum Gasteiger partial charge on any atom is -0.741 e. The maximum Gasteiger partial charge on any atom is 0.485 e. The summed E-state index contributed by atoms with van der Waals surface area (Å²) in [5.74, 6) is -0.337. The van der Waals surface area contributed by atoms with Gasteiger partial charge >= 0.3 is 11.5 Å². The molecule has 0 aliphatic rings. The molecule has 2 heterocycles. The lowest BCUT2D eigenvalue weighted by atomic mass is 10.0. The van der Waals surface area contributed by atoms with Gasteiger partial charge in [-0.05, 0) is 42.3 Å². The van der Waals surface area contributed by atoms with Gasteiger partial charge in [-0.15, -0.1) is 0 Å². The summed E-state index contributed by atoms with van der Waals surface area (Å²) in [5.41, 5.74) is -0.117. The number of pyridine rings is 2. The van der Waals surface area contributed by atoms with Crippen molar-refractivity contribution in [3.8, 4) is 22.4 Å². The Morgan fingerprint density at radius 2 is 1.50 bits per heavy atom. The molecule has 0 N–H and O–H groups in total. The number of carbonyl (C=O) groups is 1. The highest BCUT2D eigenvalue weighted by atomic mass is 32.2.